The molecule has 1 N–H and O–H groups in total. The van der Waals surface area contributed by atoms with Crippen molar-refractivity contribution in [2.75, 3.05) is 25.0 Å². The van der Waals surface area contributed by atoms with Gasteiger partial charge in [0.05, 0.1) is 0 Å². The first-order chi connectivity index (χ1) is 9.88. The van der Waals surface area contributed by atoms with Crippen LogP contribution >= 0.6 is 0 Å². The highest BCUT2D eigenvalue weighted by Gasteiger charge is 2.34. The van der Waals surface area contributed by atoms with Gasteiger partial charge in [-0.25, -0.2) is 0 Å². The summed E-state index contributed by atoms with van der Waals surface area (Å²) in [6.07, 6.45) is 3.92. The fourth-order valence-electron chi connectivity index (χ4n) is 3.40. The number of fused-ring (bicyclic) bond motifs is 2. The van der Waals surface area contributed by atoms with Gasteiger partial charge in [-0.2, -0.15) is 0 Å². The lowest BCUT2D eigenvalue weighted by molar-refractivity contribution is 0.255. The molecule has 20 heavy (non-hydrogen) atoms. The van der Waals surface area contributed by atoms with Crippen molar-refractivity contribution in [2.45, 2.75) is 18.9 Å². The van der Waals surface area contributed by atoms with Gasteiger partial charge in [0, 0.05) is 30.4 Å². The van der Waals surface area contributed by atoms with Crippen molar-refractivity contribution in [3.63, 3.8) is 0 Å². The summed E-state index contributed by atoms with van der Waals surface area (Å²) in [4.78, 5) is 2.57. The Morgan fingerprint density at radius 1 is 1.25 bits per heavy atom. The van der Waals surface area contributed by atoms with Crippen LogP contribution in [0.1, 0.15) is 12.8 Å². The maximum atomic E-state index is 5.26. The number of aromatic nitrogens is 2. The van der Waals surface area contributed by atoms with Crippen molar-refractivity contribution in [1.29, 1.82) is 0 Å². The van der Waals surface area contributed by atoms with Gasteiger partial charge in [0.15, 0.2) is 0 Å². The lowest BCUT2D eigenvalue weighted by Gasteiger charge is -2.31. The molecular formula is C15H18N4O. The van der Waals surface area contributed by atoms with Crippen molar-refractivity contribution >= 4 is 5.69 Å². The summed E-state index contributed by atoms with van der Waals surface area (Å²) in [7, 11) is 0. The third-order valence-corrected chi connectivity index (χ3v) is 4.46. The average Bonchev–Trinajstić information content (AvgIpc) is 3.13. The Kier molecular flexibility index (Phi) is 2.92. The van der Waals surface area contributed by atoms with Crippen LogP contribution in [0.4, 0.5) is 5.69 Å². The van der Waals surface area contributed by atoms with Crippen LogP contribution < -0.4 is 5.32 Å². The zero-order valence-electron chi connectivity index (χ0n) is 11.3. The summed E-state index contributed by atoms with van der Waals surface area (Å²) in [5.41, 5.74) is 2.11. The van der Waals surface area contributed by atoms with Crippen LogP contribution in [0, 0.1) is 5.92 Å². The minimum atomic E-state index is 0.573. The molecule has 3 atom stereocenters. The van der Waals surface area contributed by atoms with Gasteiger partial charge < -0.3 is 14.6 Å². The molecule has 2 aliphatic heterocycles. The molecule has 5 nitrogen and oxygen atoms in total. The Hall–Kier alpha value is -1.88. The molecule has 2 aromatic rings. The number of nitrogens with zero attached hydrogens (tertiary/aromatic N) is 3. The first-order valence-electron chi connectivity index (χ1n) is 7.24. The number of piperidine rings is 1. The number of anilines is 1. The number of rotatable bonds is 3. The largest absolute Gasteiger partial charge is 0.423 e. The highest BCUT2D eigenvalue weighted by molar-refractivity contribution is 5.61. The van der Waals surface area contributed by atoms with Crippen LogP contribution in [0.15, 0.2) is 35.1 Å². The molecule has 0 spiro atoms. The fraction of sp³-hybridized carbons (Fsp3) is 0.467. The minimum absolute atomic E-state index is 0.573. The van der Waals surface area contributed by atoms with E-state index < -0.39 is 0 Å². The van der Waals surface area contributed by atoms with E-state index >= 15 is 0 Å². The summed E-state index contributed by atoms with van der Waals surface area (Å²) >= 11 is 0. The quantitative estimate of drug-likeness (QED) is 0.927. The molecule has 2 bridgehead atoms. The lowest BCUT2D eigenvalue weighted by atomic mass is 9.94. The second-order valence-corrected chi connectivity index (χ2v) is 5.71. The molecule has 2 aliphatic rings. The average molecular weight is 270 g/mol. The SMILES string of the molecule is c1cc(NC2CCN3CCC2C3)cc(-c2nnco2)c1. The monoisotopic (exact) mass is 270 g/mol. The molecule has 0 aliphatic carbocycles. The molecule has 5 heteroatoms. The van der Waals surface area contributed by atoms with E-state index in [1.165, 1.54) is 38.9 Å². The van der Waals surface area contributed by atoms with E-state index in [-0.39, 0.29) is 0 Å². The molecule has 0 amide bonds. The molecule has 3 unspecified atom stereocenters. The van der Waals surface area contributed by atoms with Crippen LogP contribution in [0.5, 0.6) is 0 Å². The Bertz CT molecular complexity index is 583. The van der Waals surface area contributed by atoms with Crippen molar-refractivity contribution in [2.24, 2.45) is 5.92 Å². The Labute approximate surface area is 118 Å². The zero-order chi connectivity index (χ0) is 13.4. The van der Waals surface area contributed by atoms with Gasteiger partial charge in [-0.15, -0.1) is 10.2 Å². The van der Waals surface area contributed by atoms with Gasteiger partial charge in [0.1, 0.15) is 0 Å². The van der Waals surface area contributed by atoms with Crippen molar-refractivity contribution in [1.82, 2.24) is 15.1 Å². The fourth-order valence-corrected chi connectivity index (χ4v) is 3.40. The van der Waals surface area contributed by atoms with Crippen molar-refractivity contribution in [3.05, 3.63) is 30.7 Å². The van der Waals surface area contributed by atoms with E-state index in [1.807, 2.05) is 12.1 Å². The standard InChI is InChI=1S/C15H18N4O/c1-2-11(15-18-16-10-20-15)8-13(3-1)17-14-5-7-19-6-4-12(14)9-19/h1-3,8,10,12,14,17H,4-7,9H2. The second-order valence-electron chi connectivity index (χ2n) is 5.71. The van der Waals surface area contributed by atoms with Gasteiger partial charge in [0.2, 0.25) is 12.3 Å². The maximum absolute atomic E-state index is 5.26. The Morgan fingerprint density at radius 2 is 2.20 bits per heavy atom. The summed E-state index contributed by atoms with van der Waals surface area (Å²) in [5, 5.41) is 11.4. The van der Waals surface area contributed by atoms with Gasteiger partial charge >= 0.3 is 0 Å². The zero-order valence-corrected chi connectivity index (χ0v) is 11.3. The minimum Gasteiger partial charge on any atom is -0.423 e. The van der Waals surface area contributed by atoms with Crippen LogP contribution in [-0.4, -0.2) is 40.8 Å². The molecule has 1 aromatic heterocycles. The van der Waals surface area contributed by atoms with Crippen LogP contribution in [0.3, 0.4) is 0 Å². The van der Waals surface area contributed by atoms with Gasteiger partial charge in [-0.1, -0.05) is 6.07 Å². The van der Waals surface area contributed by atoms with Crippen LogP contribution in [-0.2, 0) is 0 Å². The second kappa shape index (κ2) is 4.90. The van der Waals surface area contributed by atoms with Crippen molar-refractivity contribution in [3.8, 4) is 11.5 Å². The van der Waals surface area contributed by atoms with Gasteiger partial charge in [-0.05, 0) is 43.5 Å². The Balaban J connectivity index is 1.52. The van der Waals surface area contributed by atoms with Gasteiger partial charge in [0.25, 0.3) is 0 Å². The highest BCUT2D eigenvalue weighted by atomic mass is 16.4. The third kappa shape index (κ3) is 2.18. The number of benzene rings is 1. The molecule has 2 fully saturated rings. The lowest BCUT2D eigenvalue weighted by Crippen LogP contribution is -2.39. The molecule has 104 valence electrons. The molecule has 4 rings (SSSR count). The molecule has 2 saturated heterocycles. The van der Waals surface area contributed by atoms with E-state index in [4.69, 9.17) is 4.42 Å². The van der Waals surface area contributed by atoms with E-state index in [0.717, 1.165) is 17.2 Å². The van der Waals surface area contributed by atoms with Crippen LogP contribution in [0.25, 0.3) is 11.5 Å². The molecule has 0 saturated carbocycles. The third-order valence-electron chi connectivity index (χ3n) is 4.46. The normalized spacial score (nSPS) is 28.5. The van der Waals surface area contributed by atoms with Crippen molar-refractivity contribution < 1.29 is 4.42 Å². The topological polar surface area (TPSA) is 54.2 Å². The summed E-state index contributed by atoms with van der Waals surface area (Å²) in [6.45, 7) is 3.74. The highest BCUT2D eigenvalue weighted by Crippen LogP contribution is 2.30. The molecular weight excluding hydrogens is 252 g/mol. The number of hydrogen-bond acceptors (Lipinski definition) is 5. The maximum Gasteiger partial charge on any atom is 0.247 e. The van der Waals surface area contributed by atoms with E-state index in [1.54, 1.807) is 0 Å². The smallest absolute Gasteiger partial charge is 0.247 e. The van der Waals surface area contributed by atoms with E-state index in [2.05, 4.69) is 32.5 Å². The number of hydrogen-bond donors (Lipinski definition) is 1. The predicted molar refractivity (Wildman–Crippen MR) is 76.3 cm³/mol. The Morgan fingerprint density at radius 3 is 3.10 bits per heavy atom. The van der Waals surface area contributed by atoms with Gasteiger partial charge in [-0.3, -0.25) is 0 Å². The molecule has 3 heterocycles. The van der Waals surface area contributed by atoms with E-state index in [0.29, 0.717) is 11.9 Å². The van der Waals surface area contributed by atoms with Crippen LogP contribution in [0.2, 0.25) is 0 Å². The number of nitrogens with one attached hydrogen (secondary N) is 1. The first-order valence-corrected chi connectivity index (χ1v) is 7.24. The molecule has 0 radical (unpaired) electrons. The van der Waals surface area contributed by atoms with E-state index in [9.17, 15) is 0 Å². The summed E-state index contributed by atoms with van der Waals surface area (Å²) in [6, 6.07) is 8.82. The molecule has 1 aromatic carbocycles. The summed E-state index contributed by atoms with van der Waals surface area (Å²) in [5.74, 6) is 1.36. The summed E-state index contributed by atoms with van der Waals surface area (Å²) < 4.78 is 5.26. The first kappa shape index (κ1) is 11.9. The predicted octanol–water partition coefficient (Wildman–Crippen LogP) is 2.24.